The molecule has 0 aromatic carbocycles. The highest BCUT2D eigenvalue weighted by Crippen LogP contribution is 2.30. The number of rotatable bonds is 9. The molecule has 0 aromatic heterocycles. The van der Waals surface area contributed by atoms with Gasteiger partial charge in [0.05, 0.1) is 6.04 Å². The number of nitrogens with two attached hydrogens (primary N) is 1. The molecule has 0 aromatic rings. The van der Waals surface area contributed by atoms with Gasteiger partial charge in [-0.1, -0.05) is 64.9 Å². The van der Waals surface area contributed by atoms with Crippen LogP contribution in [-0.4, -0.2) is 35.5 Å². The van der Waals surface area contributed by atoms with Crippen LogP contribution < -0.4 is 21.7 Å². The van der Waals surface area contributed by atoms with Crippen molar-refractivity contribution in [2.45, 2.75) is 109 Å². The van der Waals surface area contributed by atoms with Gasteiger partial charge < -0.3 is 21.7 Å². The van der Waals surface area contributed by atoms with Crippen LogP contribution in [0.25, 0.3) is 0 Å². The second kappa shape index (κ2) is 12.0. The largest absolute Gasteiger partial charge is 0.386 e. The fourth-order valence-electron chi connectivity index (χ4n) is 4.41. The molecule has 6 heteroatoms. The van der Waals surface area contributed by atoms with Crippen LogP contribution in [-0.2, 0) is 9.59 Å². The smallest absolute Gasteiger partial charge is 0.255 e. The lowest BCUT2D eigenvalue weighted by Gasteiger charge is -2.38. The van der Waals surface area contributed by atoms with E-state index in [4.69, 9.17) is 12.2 Å². The van der Waals surface area contributed by atoms with Gasteiger partial charge in [0, 0.05) is 11.6 Å². The molecule has 1 fully saturated rings. The van der Waals surface area contributed by atoms with Gasteiger partial charge in [0.1, 0.15) is 0 Å². The number of carbonyl (C=O) groups excluding carboxylic acids is 2. The van der Waals surface area contributed by atoms with E-state index in [1.165, 1.54) is 25.7 Å². The average Bonchev–Trinajstić information content (AvgIpc) is 2.78. The van der Waals surface area contributed by atoms with Crippen molar-refractivity contribution in [3.63, 3.8) is 0 Å². The Morgan fingerprint density at radius 3 is 2.13 bits per heavy atom. The van der Waals surface area contributed by atoms with E-state index in [1.54, 1.807) is 6.20 Å². The normalized spacial score (nSPS) is 18.5. The summed E-state index contributed by atoms with van der Waals surface area (Å²) in [7, 11) is 0. The third-order valence-electron chi connectivity index (χ3n) is 5.93. The molecule has 1 aliphatic carbocycles. The van der Waals surface area contributed by atoms with Gasteiger partial charge >= 0.3 is 0 Å². The van der Waals surface area contributed by atoms with Crippen molar-refractivity contribution in [2.75, 3.05) is 0 Å². The first-order chi connectivity index (χ1) is 14.0. The van der Waals surface area contributed by atoms with E-state index in [1.807, 2.05) is 27.7 Å². The Morgan fingerprint density at radius 1 is 1.10 bits per heavy atom. The third-order valence-corrected chi connectivity index (χ3v) is 5.93. The molecule has 1 rings (SSSR count). The molecule has 0 heterocycles. The van der Waals surface area contributed by atoms with Crippen molar-refractivity contribution < 1.29 is 9.59 Å². The molecular weight excluding hydrogens is 376 g/mol. The Labute approximate surface area is 183 Å². The van der Waals surface area contributed by atoms with Crippen molar-refractivity contribution in [3.05, 3.63) is 12.8 Å². The number of carbonyl (C=O) groups is 2. The molecule has 0 aliphatic heterocycles. The molecule has 170 valence electrons. The Morgan fingerprint density at radius 2 is 1.63 bits per heavy atom. The second-order valence-corrected chi connectivity index (χ2v) is 9.89. The number of hydrogen-bond donors (Lipinski definition) is 4. The molecule has 2 amide bonds. The first kappa shape index (κ1) is 26.0. The van der Waals surface area contributed by atoms with Crippen LogP contribution in [0.2, 0.25) is 0 Å². The van der Waals surface area contributed by atoms with Crippen LogP contribution in [0.5, 0.6) is 0 Å². The summed E-state index contributed by atoms with van der Waals surface area (Å²) in [6.45, 7) is 11.6. The van der Waals surface area contributed by atoms with Gasteiger partial charge in [0.25, 0.3) is 5.91 Å². The summed E-state index contributed by atoms with van der Waals surface area (Å²) < 4.78 is 0. The lowest BCUT2D eigenvalue weighted by molar-refractivity contribution is -0.130. The van der Waals surface area contributed by atoms with Gasteiger partial charge in [-0.25, -0.2) is 0 Å². The molecule has 5 N–H and O–H groups in total. The summed E-state index contributed by atoms with van der Waals surface area (Å²) in [5.74, 6) is 1.67. The van der Waals surface area contributed by atoms with E-state index >= 15 is 0 Å². The first-order valence-corrected chi connectivity index (χ1v) is 11.2. The maximum absolute atomic E-state index is 12.8. The maximum Gasteiger partial charge on any atom is 0.255 e. The van der Waals surface area contributed by atoms with Crippen molar-refractivity contribution in [3.8, 4) is 12.3 Å². The second-order valence-electron chi connectivity index (χ2n) is 9.89. The quantitative estimate of drug-likeness (QED) is 0.433. The molecule has 1 aliphatic rings. The average molecular weight is 419 g/mol. The number of hydrogen-bond acceptors (Lipinski definition) is 4. The Balaban J connectivity index is 2.70. The number of nitrogens with one attached hydrogen (secondary N) is 3. The fraction of sp³-hybridized carbons (Fsp3) is 0.750. The number of terminal acetylenes is 1. The summed E-state index contributed by atoms with van der Waals surface area (Å²) in [5.41, 5.74) is 5.48. The first-order valence-electron chi connectivity index (χ1n) is 11.2. The van der Waals surface area contributed by atoms with Gasteiger partial charge in [-0.2, -0.15) is 0 Å². The van der Waals surface area contributed by atoms with E-state index < -0.39 is 23.4 Å². The SMILES string of the molecule is C#C[C@H](NC(=O)[C@@H](N)C(C)(C)CC(C)(C)NC=C)C(=O)NC1CCCCCCCC1. The Bertz CT molecular complexity index is 611. The van der Waals surface area contributed by atoms with Crippen LogP contribution in [0.1, 0.15) is 85.5 Å². The molecular formula is C24H42N4O2. The maximum atomic E-state index is 12.8. The molecule has 0 spiro atoms. The summed E-state index contributed by atoms with van der Waals surface area (Å²) in [5, 5.41) is 8.89. The van der Waals surface area contributed by atoms with Gasteiger partial charge in [0.2, 0.25) is 5.91 Å². The predicted molar refractivity (Wildman–Crippen MR) is 123 cm³/mol. The lowest BCUT2D eigenvalue weighted by Crippen LogP contribution is -2.57. The molecule has 0 bridgehead atoms. The van der Waals surface area contributed by atoms with Gasteiger partial charge in [-0.05, 0) is 44.7 Å². The highest BCUT2D eigenvalue weighted by molar-refractivity contribution is 5.92. The lowest BCUT2D eigenvalue weighted by atomic mass is 9.74. The molecule has 1 saturated carbocycles. The highest BCUT2D eigenvalue weighted by atomic mass is 16.2. The monoisotopic (exact) mass is 418 g/mol. The minimum absolute atomic E-state index is 0.110. The molecule has 0 saturated heterocycles. The van der Waals surface area contributed by atoms with Crippen molar-refractivity contribution >= 4 is 11.8 Å². The van der Waals surface area contributed by atoms with Crippen LogP contribution in [0.15, 0.2) is 12.8 Å². The molecule has 30 heavy (non-hydrogen) atoms. The number of amides is 2. The van der Waals surface area contributed by atoms with E-state index in [9.17, 15) is 9.59 Å². The van der Waals surface area contributed by atoms with Gasteiger partial charge in [0.15, 0.2) is 6.04 Å². The van der Waals surface area contributed by atoms with Gasteiger partial charge in [-0.15, -0.1) is 6.42 Å². The van der Waals surface area contributed by atoms with E-state index in [0.29, 0.717) is 6.42 Å². The minimum atomic E-state index is -1.02. The predicted octanol–water partition coefficient (Wildman–Crippen LogP) is 2.98. The zero-order chi connectivity index (χ0) is 22.8. The van der Waals surface area contributed by atoms with Gasteiger partial charge in [-0.3, -0.25) is 9.59 Å². The fourth-order valence-corrected chi connectivity index (χ4v) is 4.41. The van der Waals surface area contributed by atoms with Crippen LogP contribution in [0, 0.1) is 17.8 Å². The zero-order valence-corrected chi connectivity index (χ0v) is 19.4. The third kappa shape index (κ3) is 8.79. The zero-order valence-electron chi connectivity index (χ0n) is 19.4. The Kier molecular flexibility index (Phi) is 10.4. The summed E-state index contributed by atoms with van der Waals surface area (Å²) in [6, 6.07) is -1.72. The van der Waals surface area contributed by atoms with Crippen LogP contribution in [0.3, 0.4) is 0 Å². The summed E-state index contributed by atoms with van der Waals surface area (Å²) >= 11 is 0. The highest BCUT2D eigenvalue weighted by Gasteiger charge is 2.38. The van der Waals surface area contributed by atoms with Crippen LogP contribution in [0.4, 0.5) is 0 Å². The molecule has 6 nitrogen and oxygen atoms in total. The van der Waals surface area contributed by atoms with Crippen molar-refractivity contribution in [2.24, 2.45) is 11.1 Å². The van der Waals surface area contributed by atoms with E-state index in [-0.39, 0.29) is 17.5 Å². The Hall–Kier alpha value is -2.00. The molecule has 0 unspecified atom stereocenters. The molecule has 0 radical (unpaired) electrons. The molecule has 2 atom stereocenters. The minimum Gasteiger partial charge on any atom is -0.386 e. The van der Waals surface area contributed by atoms with Crippen LogP contribution >= 0.6 is 0 Å². The van der Waals surface area contributed by atoms with E-state index in [2.05, 4.69) is 28.4 Å². The summed E-state index contributed by atoms with van der Waals surface area (Å²) in [6.07, 6.45) is 16.9. The van der Waals surface area contributed by atoms with Crippen molar-refractivity contribution in [1.82, 2.24) is 16.0 Å². The topological polar surface area (TPSA) is 96.2 Å². The standard InChI is InChI=1S/C24H42N4O2/c1-7-19(21(29)27-18-15-13-11-9-10-12-14-16-18)28-22(30)20(25)23(3,4)17-24(5,6)26-8-2/h1,8,18-20,26H,2,9-17,25H2,3-6H3,(H,27,29)(H,28,30)/t19-,20+/m0/s1. The van der Waals surface area contributed by atoms with Crippen molar-refractivity contribution in [1.29, 1.82) is 0 Å². The summed E-state index contributed by atoms with van der Waals surface area (Å²) in [4.78, 5) is 25.5. The van der Waals surface area contributed by atoms with E-state index in [0.717, 1.165) is 25.7 Å².